The van der Waals surface area contributed by atoms with Crippen molar-refractivity contribution < 1.29 is 13.4 Å². The Hall–Kier alpha value is -1.89. The second-order valence-corrected chi connectivity index (χ2v) is 4.49. The average Bonchev–Trinajstić information content (AvgIpc) is 2.59. The van der Waals surface area contributed by atoms with Crippen molar-refractivity contribution in [3.63, 3.8) is 0 Å². The highest BCUT2D eigenvalue weighted by molar-refractivity contribution is 7.85. The number of rotatable bonds is 3. The number of hydrogen-bond donors (Lipinski definition) is 2. The minimum atomic E-state index is -1.65. The third kappa shape index (κ3) is 2.03. The fourth-order valence-corrected chi connectivity index (χ4v) is 1.97. The van der Waals surface area contributed by atoms with Crippen molar-refractivity contribution >= 4 is 33.5 Å². The normalized spacial score (nSPS) is 12.8. The lowest BCUT2D eigenvalue weighted by molar-refractivity contribution is -0.115. The smallest absolute Gasteiger partial charge is 0.288 e. The van der Waals surface area contributed by atoms with Gasteiger partial charge in [-0.05, 0) is 12.1 Å². The van der Waals surface area contributed by atoms with Crippen LogP contribution in [0, 0.1) is 0 Å². The standard InChI is InChI=1S/C9H9N3O3S/c10-5-1-2-6-7(3-5)15-9(12-6)16(14)4-8(11)13/h1-3H,4,10H2,(H2,11,13). The van der Waals surface area contributed by atoms with Gasteiger partial charge in [0.25, 0.3) is 5.22 Å². The van der Waals surface area contributed by atoms with Gasteiger partial charge in [0.05, 0.1) is 0 Å². The van der Waals surface area contributed by atoms with Crippen molar-refractivity contribution in [2.24, 2.45) is 5.73 Å². The third-order valence-electron chi connectivity index (χ3n) is 1.86. The molecule has 7 heteroatoms. The SMILES string of the molecule is NC(=O)CS(=O)c1nc2ccc(N)cc2o1. The topological polar surface area (TPSA) is 112 Å². The Balaban J connectivity index is 2.39. The molecule has 16 heavy (non-hydrogen) atoms. The van der Waals surface area contributed by atoms with Gasteiger partial charge in [-0.25, -0.2) is 9.19 Å². The molecule has 6 nitrogen and oxygen atoms in total. The zero-order chi connectivity index (χ0) is 11.7. The number of primary amides is 1. The van der Waals surface area contributed by atoms with Crippen molar-refractivity contribution in [2.45, 2.75) is 5.22 Å². The van der Waals surface area contributed by atoms with E-state index in [9.17, 15) is 9.00 Å². The summed E-state index contributed by atoms with van der Waals surface area (Å²) >= 11 is 0. The minimum absolute atomic E-state index is 0.0144. The summed E-state index contributed by atoms with van der Waals surface area (Å²) in [4.78, 5) is 14.6. The highest BCUT2D eigenvalue weighted by atomic mass is 32.2. The first-order valence-corrected chi connectivity index (χ1v) is 5.71. The molecule has 4 N–H and O–H groups in total. The molecule has 0 saturated carbocycles. The number of aromatic nitrogens is 1. The Bertz CT molecular complexity index is 578. The summed E-state index contributed by atoms with van der Waals surface area (Å²) < 4.78 is 16.7. The molecule has 1 unspecified atom stereocenters. The molecule has 2 rings (SSSR count). The highest BCUT2D eigenvalue weighted by Gasteiger charge is 2.14. The van der Waals surface area contributed by atoms with Gasteiger partial charge in [0.2, 0.25) is 5.91 Å². The fourth-order valence-electron chi connectivity index (χ4n) is 1.21. The molecule has 1 aromatic heterocycles. The van der Waals surface area contributed by atoms with Crippen LogP contribution in [0.1, 0.15) is 0 Å². The number of benzene rings is 1. The second kappa shape index (κ2) is 3.93. The average molecular weight is 239 g/mol. The molecular weight excluding hydrogens is 230 g/mol. The maximum Gasteiger partial charge on any atom is 0.288 e. The first-order valence-electron chi connectivity index (χ1n) is 4.39. The van der Waals surface area contributed by atoms with Gasteiger partial charge in [0.15, 0.2) is 5.58 Å². The van der Waals surface area contributed by atoms with Crippen LogP contribution in [0.15, 0.2) is 27.8 Å². The maximum atomic E-state index is 11.5. The van der Waals surface area contributed by atoms with Crippen LogP contribution in [0.4, 0.5) is 5.69 Å². The van der Waals surface area contributed by atoms with Crippen LogP contribution in [0.2, 0.25) is 0 Å². The maximum absolute atomic E-state index is 11.5. The Morgan fingerprint density at radius 2 is 2.25 bits per heavy atom. The lowest BCUT2D eigenvalue weighted by Gasteiger charge is -1.91. The molecule has 0 aliphatic carbocycles. The molecule has 84 valence electrons. The third-order valence-corrected chi connectivity index (χ3v) is 2.97. The number of hydrogen-bond acceptors (Lipinski definition) is 5. The zero-order valence-electron chi connectivity index (χ0n) is 8.17. The van der Waals surface area contributed by atoms with Crippen molar-refractivity contribution in [1.82, 2.24) is 4.98 Å². The first-order chi connectivity index (χ1) is 7.56. The Kier molecular flexibility index (Phi) is 2.61. The fraction of sp³-hybridized carbons (Fsp3) is 0.111. The lowest BCUT2D eigenvalue weighted by atomic mass is 10.3. The van der Waals surface area contributed by atoms with Gasteiger partial charge in [-0.3, -0.25) is 4.79 Å². The number of carbonyl (C=O) groups is 1. The summed E-state index contributed by atoms with van der Waals surface area (Å²) in [6.07, 6.45) is 0. The van der Waals surface area contributed by atoms with E-state index in [1.54, 1.807) is 18.2 Å². The van der Waals surface area contributed by atoms with Gasteiger partial charge in [-0.15, -0.1) is 0 Å². The van der Waals surface area contributed by atoms with E-state index < -0.39 is 16.7 Å². The molecule has 0 radical (unpaired) electrons. The predicted octanol–water partition coefficient (Wildman–Crippen LogP) is 0.00290. The molecule has 1 amide bonds. The number of fused-ring (bicyclic) bond motifs is 1. The molecule has 0 spiro atoms. The van der Waals surface area contributed by atoms with E-state index in [0.29, 0.717) is 16.8 Å². The van der Waals surface area contributed by atoms with Gasteiger partial charge in [-0.1, -0.05) is 0 Å². The Labute approximate surface area is 93.1 Å². The van der Waals surface area contributed by atoms with Crippen LogP contribution in [0.3, 0.4) is 0 Å². The van der Waals surface area contributed by atoms with Crippen molar-refractivity contribution in [3.8, 4) is 0 Å². The highest BCUT2D eigenvalue weighted by Crippen LogP contribution is 2.20. The van der Waals surface area contributed by atoms with Crippen molar-refractivity contribution in [2.75, 3.05) is 11.5 Å². The Morgan fingerprint density at radius 3 is 2.94 bits per heavy atom. The Morgan fingerprint density at radius 1 is 1.50 bits per heavy atom. The molecule has 0 aliphatic rings. The van der Waals surface area contributed by atoms with E-state index >= 15 is 0 Å². The van der Waals surface area contributed by atoms with Gasteiger partial charge in [0.1, 0.15) is 22.1 Å². The molecule has 0 aliphatic heterocycles. The summed E-state index contributed by atoms with van der Waals surface area (Å²) in [7, 11) is -1.65. The molecule has 1 atom stereocenters. The first kappa shape index (κ1) is 10.6. The number of amides is 1. The van der Waals surface area contributed by atoms with Crippen LogP contribution in [-0.4, -0.2) is 20.9 Å². The number of nitrogen functional groups attached to an aromatic ring is 1. The largest absolute Gasteiger partial charge is 0.430 e. The molecule has 1 heterocycles. The van der Waals surface area contributed by atoms with Crippen molar-refractivity contribution in [1.29, 1.82) is 0 Å². The monoisotopic (exact) mass is 239 g/mol. The van der Waals surface area contributed by atoms with Gasteiger partial charge < -0.3 is 15.9 Å². The zero-order valence-corrected chi connectivity index (χ0v) is 8.99. The summed E-state index contributed by atoms with van der Waals surface area (Å²) in [6.45, 7) is 0. The lowest BCUT2D eigenvalue weighted by Crippen LogP contribution is -2.19. The molecule has 0 fully saturated rings. The van der Waals surface area contributed by atoms with Crippen LogP contribution in [0.5, 0.6) is 0 Å². The number of anilines is 1. The van der Waals surface area contributed by atoms with E-state index in [0.717, 1.165) is 0 Å². The van der Waals surface area contributed by atoms with Gasteiger partial charge >= 0.3 is 0 Å². The van der Waals surface area contributed by atoms with E-state index in [2.05, 4.69) is 4.98 Å². The van der Waals surface area contributed by atoms with Crippen LogP contribution in [0.25, 0.3) is 11.1 Å². The summed E-state index contributed by atoms with van der Waals surface area (Å²) in [5, 5.41) is -0.0144. The number of nitrogens with two attached hydrogens (primary N) is 2. The number of carbonyl (C=O) groups excluding carboxylic acids is 1. The molecule has 2 aromatic rings. The van der Waals surface area contributed by atoms with Crippen LogP contribution in [-0.2, 0) is 15.6 Å². The van der Waals surface area contributed by atoms with Crippen molar-refractivity contribution in [3.05, 3.63) is 18.2 Å². The molecule has 1 aromatic carbocycles. The summed E-state index contributed by atoms with van der Waals surface area (Å²) in [5.41, 5.74) is 12.0. The summed E-state index contributed by atoms with van der Waals surface area (Å²) in [6, 6.07) is 4.89. The van der Waals surface area contributed by atoms with Gasteiger partial charge in [0, 0.05) is 11.8 Å². The van der Waals surface area contributed by atoms with Crippen LogP contribution >= 0.6 is 0 Å². The van der Waals surface area contributed by atoms with E-state index in [1.807, 2.05) is 0 Å². The molecular formula is C9H9N3O3S. The van der Waals surface area contributed by atoms with E-state index in [1.165, 1.54) is 0 Å². The second-order valence-electron chi connectivity index (χ2n) is 3.16. The number of oxazole rings is 1. The number of nitrogens with zero attached hydrogens (tertiary/aromatic N) is 1. The van der Waals surface area contributed by atoms with E-state index in [4.69, 9.17) is 15.9 Å². The summed E-state index contributed by atoms with van der Waals surface area (Å²) in [5.74, 6) is -0.970. The van der Waals surface area contributed by atoms with E-state index in [-0.39, 0.29) is 11.0 Å². The van der Waals surface area contributed by atoms with Gasteiger partial charge in [-0.2, -0.15) is 0 Å². The quantitative estimate of drug-likeness (QED) is 0.732. The molecule has 0 saturated heterocycles. The predicted molar refractivity (Wildman–Crippen MR) is 58.9 cm³/mol. The molecule has 0 bridgehead atoms. The minimum Gasteiger partial charge on any atom is -0.430 e. The van der Waals surface area contributed by atoms with Crippen LogP contribution < -0.4 is 11.5 Å².